The van der Waals surface area contributed by atoms with Crippen molar-refractivity contribution in [1.29, 1.82) is 0 Å². The molecule has 0 saturated carbocycles. The van der Waals surface area contributed by atoms with Gasteiger partial charge in [-0.3, -0.25) is 29.5 Å². The fourth-order valence-electron chi connectivity index (χ4n) is 6.51. The Hall–Kier alpha value is -9.83. The van der Waals surface area contributed by atoms with Crippen LogP contribution in [0, 0.1) is 53.7 Å². The maximum Gasteiger partial charge on any atom is 0.339 e. The number of aromatic nitrogens is 5. The smallest absolute Gasteiger partial charge is 0.339 e. The molecule has 0 bridgehead atoms. The molecular formula is C62H63N5O18S4. The number of benzene rings is 4. The van der Waals surface area contributed by atoms with Crippen LogP contribution >= 0.6 is 0 Å². The molecule has 0 amide bonds. The lowest BCUT2D eigenvalue weighted by atomic mass is 10.2. The Bertz CT molecular complexity index is 4090. The van der Waals surface area contributed by atoms with Crippen LogP contribution in [0.25, 0.3) is 0 Å². The van der Waals surface area contributed by atoms with Crippen LogP contribution < -0.4 is 21.5 Å². The molecule has 27 heteroatoms. The zero-order valence-corrected chi connectivity index (χ0v) is 52.8. The highest BCUT2D eigenvalue weighted by Crippen LogP contribution is 2.23. The molecule has 9 rings (SSSR count). The molecule has 0 atom stereocenters. The van der Waals surface area contributed by atoms with Gasteiger partial charge in [-0.1, -0.05) is 70.8 Å². The first kappa shape index (κ1) is 69.9. The zero-order chi connectivity index (χ0) is 65.5. The summed E-state index contributed by atoms with van der Waals surface area (Å²) in [6.07, 6.45) is 6.44. The Morgan fingerprint density at radius 1 is 0.393 bits per heavy atom. The minimum Gasteiger partial charge on any atom is -0.618 e. The molecule has 0 aliphatic carbocycles. The largest absolute Gasteiger partial charge is 0.618 e. The molecular weight excluding hydrogens is 1230 g/mol. The van der Waals surface area contributed by atoms with E-state index in [0.717, 1.165) is 39.8 Å². The number of ether oxygens (including phenoxy) is 2. The lowest BCUT2D eigenvalue weighted by molar-refractivity contribution is -0.612. The maximum absolute atomic E-state index is 12.1. The van der Waals surface area contributed by atoms with Crippen LogP contribution in [0.15, 0.2) is 208 Å². The summed E-state index contributed by atoms with van der Waals surface area (Å²) in [7, 11) is -15.5. The van der Waals surface area contributed by atoms with E-state index in [1.54, 1.807) is 79.7 Å². The highest BCUT2D eigenvalue weighted by Gasteiger charge is 2.21. The van der Waals surface area contributed by atoms with E-state index in [2.05, 4.69) is 19.9 Å². The van der Waals surface area contributed by atoms with E-state index in [4.69, 9.17) is 31.3 Å². The molecule has 5 heterocycles. The van der Waals surface area contributed by atoms with Crippen molar-refractivity contribution in [3.05, 3.63) is 245 Å². The predicted molar refractivity (Wildman–Crippen MR) is 325 cm³/mol. The van der Waals surface area contributed by atoms with E-state index in [0.29, 0.717) is 21.8 Å². The molecule has 0 unspecified atom stereocenters. The number of carbonyl (C=O) groups excluding carboxylic acids is 2. The van der Waals surface area contributed by atoms with Crippen LogP contribution in [0.2, 0.25) is 0 Å². The monoisotopic (exact) mass is 1290 g/mol. The number of hydrogen-bond donors (Lipinski definition) is 1. The van der Waals surface area contributed by atoms with Crippen LogP contribution in [0.3, 0.4) is 0 Å². The van der Waals surface area contributed by atoms with Crippen molar-refractivity contribution in [3.8, 4) is 28.7 Å². The van der Waals surface area contributed by atoms with E-state index < -0.39 is 52.4 Å². The number of pyridine rings is 5. The fraction of sp³-hybridized carbons (Fsp3) is 0.177. The van der Waals surface area contributed by atoms with Gasteiger partial charge in [0, 0.05) is 38.2 Å². The fourth-order valence-corrected chi connectivity index (χ4v) is 10.2. The Kier molecular flexibility index (Phi) is 25.3. The first-order valence-electron chi connectivity index (χ1n) is 26.3. The van der Waals surface area contributed by atoms with Crippen molar-refractivity contribution >= 4 is 52.4 Å². The average molecular weight is 1290 g/mol. The number of rotatable bonds is 16. The molecule has 0 spiro atoms. The molecule has 5 aromatic heterocycles. The molecule has 4 aromatic carbocycles. The SMILES string of the molecule is CC(=O)OCc1ccc(OS(=O)(=O)c2ccc(C)cc2)cn1.CC(=O)OCc1ccc(OS(=O)(=O)c2ccc(C)cc2)cn1.Cc1ccc(O)cn1.Cc1ccc(S(=O)(=O)Oc2ccc(C)[n+]([O-])c2)cc1.Cc1ccc(S(=O)(=O)Oc2ccc(C)nc2)cc1. The number of carbonyl (C=O) groups is 2. The van der Waals surface area contributed by atoms with Crippen molar-refractivity contribution in [2.45, 2.75) is 95.1 Å². The first-order valence-corrected chi connectivity index (χ1v) is 32.0. The van der Waals surface area contributed by atoms with E-state index in [1.165, 1.54) is 124 Å². The first-order chi connectivity index (χ1) is 41.9. The summed E-state index contributed by atoms with van der Waals surface area (Å²) >= 11 is 0. The van der Waals surface area contributed by atoms with E-state index in [-0.39, 0.29) is 61.5 Å². The summed E-state index contributed by atoms with van der Waals surface area (Å²) in [6, 6.07) is 41.0. The predicted octanol–water partition coefficient (Wildman–Crippen LogP) is 9.71. The van der Waals surface area contributed by atoms with E-state index in [9.17, 15) is 48.5 Å². The van der Waals surface area contributed by atoms with Gasteiger partial charge in [0.05, 0.1) is 36.2 Å². The lowest BCUT2D eigenvalue weighted by Gasteiger charge is -2.07. The van der Waals surface area contributed by atoms with Gasteiger partial charge < -0.3 is 36.5 Å². The van der Waals surface area contributed by atoms with E-state index >= 15 is 0 Å². The summed E-state index contributed by atoms with van der Waals surface area (Å²) in [5.41, 5.74) is 7.02. The number of aromatic hydroxyl groups is 1. The second-order valence-corrected chi connectivity index (χ2v) is 25.2. The van der Waals surface area contributed by atoms with Crippen LogP contribution in [0.4, 0.5) is 0 Å². The topological polar surface area (TPSA) is 325 Å². The summed E-state index contributed by atoms with van der Waals surface area (Å²) < 4.78 is 126. The van der Waals surface area contributed by atoms with Crippen molar-refractivity contribution in [3.63, 3.8) is 0 Å². The minimum absolute atomic E-state index is 0.0128. The number of nitrogens with zero attached hydrogens (tertiary/aromatic N) is 5. The highest BCUT2D eigenvalue weighted by molar-refractivity contribution is 7.88. The standard InChI is InChI=1S/2C15H15NO5S.C13H13NO4S.C13H13NO3S.C6H7NO/c2*1-11-3-7-15(8-4-11)22(18,19)21-14-6-5-13(16-9-14)10-20-12(2)17;1-10-3-7-13(8-4-10)19(16,17)18-12-6-5-11(2)14(15)9-12;1-10-3-7-13(8-4-10)18(15,16)17-12-6-5-11(2)14-9-12;1-5-2-3-6(8)4-7-5/h2*3-9H,10H2,1-2H3;3-9H,1-2H3;3-9H,1-2H3;2-4,8H,1H3. The van der Waals surface area contributed by atoms with Gasteiger partial charge in [0.2, 0.25) is 11.9 Å². The van der Waals surface area contributed by atoms with Gasteiger partial charge in [-0.15, -0.1) is 0 Å². The van der Waals surface area contributed by atoms with E-state index in [1.807, 2.05) is 41.5 Å². The Morgan fingerprint density at radius 2 is 0.685 bits per heavy atom. The van der Waals surface area contributed by atoms with Gasteiger partial charge in [0.1, 0.15) is 38.5 Å². The quantitative estimate of drug-likeness (QED) is 0.0407. The zero-order valence-electron chi connectivity index (χ0n) is 49.6. The average Bonchev–Trinajstić information content (AvgIpc) is 2.08. The van der Waals surface area contributed by atoms with Gasteiger partial charge in [-0.25, -0.2) is 0 Å². The highest BCUT2D eigenvalue weighted by atomic mass is 32.2. The van der Waals surface area contributed by atoms with Crippen LogP contribution in [-0.2, 0) is 72.7 Å². The summed E-state index contributed by atoms with van der Waals surface area (Å²) in [4.78, 5) is 37.5. The molecule has 0 aliphatic rings. The van der Waals surface area contributed by atoms with Crippen LogP contribution in [0.1, 0.15) is 64.6 Å². The van der Waals surface area contributed by atoms with Crippen molar-refractivity contribution in [2.24, 2.45) is 0 Å². The molecule has 0 aliphatic heterocycles. The summed E-state index contributed by atoms with van der Waals surface area (Å²) in [5.74, 6) is -0.231. The Balaban J connectivity index is 0.000000207. The Labute approximate surface area is 517 Å². The number of aryl methyl sites for hydroxylation is 7. The minimum atomic E-state index is -3.91. The molecule has 0 fully saturated rings. The molecule has 0 radical (unpaired) electrons. The van der Waals surface area contributed by atoms with Crippen molar-refractivity contribution in [1.82, 2.24) is 19.9 Å². The molecule has 1 N–H and O–H groups in total. The van der Waals surface area contributed by atoms with Gasteiger partial charge in [0.25, 0.3) is 0 Å². The van der Waals surface area contributed by atoms with Crippen LogP contribution in [0.5, 0.6) is 28.7 Å². The number of hydrogen-bond acceptors (Lipinski definition) is 22. The molecule has 23 nitrogen and oxygen atoms in total. The third-order valence-corrected chi connectivity index (χ3v) is 16.4. The number of esters is 2. The van der Waals surface area contributed by atoms with Gasteiger partial charge in [0.15, 0.2) is 22.9 Å². The van der Waals surface area contributed by atoms with Crippen molar-refractivity contribution < 1.29 is 79.3 Å². The second-order valence-electron chi connectivity index (χ2n) is 19.1. The Morgan fingerprint density at radius 3 is 0.944 bits per heavy atom. The normalized spacial score (nSPS) is 10.9. The molecule has 0 saturated heterocycles. The van der Waals surface area contributed by atoms with Gasteiger partial charge in [-0.2, -0.15) is 38.4 Å². The molecule has 9 aromatic rings. The second kappa shape index (κ2) is 32.2. The maximum atomic E-state index is 12.1. The van der Waals surface area contributed by atoms with Gasteiger partial charge >= 0.3 is 52.4 Å². The lowest BCUT2D eigenvalue weighted by Crippen LogP contribution is -2.29. The molecule has 468 valence electrons. The van der Waals surface area contributed by atoms with Crippen molar-refractivity contribution in [2.75, 3.05) is 0 Å². The summed E-state index contributed by atoms with van der Waals surface area (Å²) in [5, 5.41) is 20.0. The molecule has 89 heavy (non-hydrogen) atoms. The summed E-state index contributed by atoms with van der Waals surface area (Å²) in [6.45, 7) is 15.4. The van der Waals surface area contributed by atoms with Crippen LogP contribution in [-0.4, -0.2) is 70.7 Å². The van der Waals surface area contributed by atoms with Gasteiger partial charge in [-0.05, 0) is 145 Å². The third kappa shape index (κ3) is 24.1. The third-order valence-electron chi connectivity index (χ3n) is 11.4.